The summed E-state index contributed by atoms with van der Waals surface area (Å²) < 4.78 is 45.6. The fourth-order valence-electron chi connectivity index (χ4n) is 5.13. The van der Waals surface area contributed by atoms with Gasteiger partial charge in [-0.2, -0.15) is 10.2 Å². The van der Waals surface area contributed by atoms with E-state index >= 15 is 4.39 Å². The number of hydrogen-bond donors (Lipinski definition) is 1. The number of ether oxygens (including phenoxy) is 1. The Kier molecular flexibility index (Phi) is 7.19. The highest BCUT2D eigenvalue weighted by molar-refractivity contribution is 7.90. The van der Waals surface area contributed by atoms with Crippen molar-refractivity contribution in [3.63, 3.8) is 0 Å². The zero-order valence-corrected chi connectivity index (χ0v) is 22.8. The molecule has 202 valence electrons. The van der Waals surface area contributed by atoms with Gasteiger partial charge in [0.05, 0.1) is 24.3 Å². The van der Waals surface area contributed by atoms with E-state index in [2.05, 4.69) is 30.2 Å². The van der Waals surface area contributed by atoms with Crippen LogP contribution >= 0.6 is 0 Å². The molecule has 1 aliphatic rings. The molecule has 1 fully saturated rings. The molecule has 0 amide bonds. The van der Waals surface area contributed by atoms with Crippen molar-refractivity contribution in [2.45, 2.75) is 38.5 Å². The van der Waals surface area contributed by atoms with Crippen molar-refractivity contribution in [1.82, 2.24) is 34.7 Å². The van der Waals surface area contributed by atoms with E-state index in [4.69, 9.17) is 4.74 Å². The molecule has 0 aromatic carbocycles. The van der Waals surface area contributed by atoms with E-state index in [-0.39, 0.29) is 23.3 Å². The maximum absolute atomic E-state index is 15.5. The third-order valence-corrected chi connectivity index (χ3v) is 8.08. The SMILES string of the molecule is COc1cc(-c2n[nH]c(-c3ncc(C4CCN(CCS(C)(=O)=O)CC4)cc3F)c2C(C)C)cn2ncnc12. The molecule has 4 aromatic heterocycles. The highest BCUT2D eigenvalue weighted by atomic mass is 32.2. The number of nitrogens with zero attached hydrogens (tertiary/aromatic N) is 6. The fourth-order valence-corrected chi connectivity index (χ4v) is 5.72. The lowest BCUT2D eigenvalue weighted by Gasteiger charge is -2.31. The first-order chi connectivity index (χ1) is 18.1. The Morgan fingerprint density at radius 1 is 1.18 bits per heavy atom. The van der Waals surface area contributed by atoms with E-state index in [1.165, 1.54) is 12.6 Å². The molecule has 1 N–H and O–H groups in total. The number of aromatic nitrogens is 6. The minimum absolute atomic E-state index is 0.0355. The topological polar surface area (TPSA) is 118 Å². The molecule has 0 aliphatic carbocycles. The maximum atomic E-state index is 15.5. The quantitative estimate of drug-likeness (QED) is 0.359. The number of H-pyrrole nitrogens is 1. The van der Waals surface area contributed by atoms with Crippen molar-refractivity contribution >= 4 is 15.5 Å². The van der Waals surface area contributed by atoms with E-state index in [0.717, 1.165) is 42.6 Å². The molecule has 0 atom stereocenters. The van der Waals surface area contributed by atoms with Gasteiger partial charge in [0.25, 0.3) is 0 Å². The van der Waals surface area contributed by atoms with E-state index in [9.17, 15) is 8.42 Å². The summed E-state index contributed by atoms with van der Waals surface area (Å²) in [7, 11) is -1.41. The zero-order valence-electron chi connectivity index (χ0n) is 22.0. The number of aromatic amines is 1. The van der Waals surface area contributed by atoms with Gasteiger partial charge in [-0.05, 0) is 55.5 Å². The molecule has 5 heterocycles. The summed E-state index contributed by atoms with van der Waals surface area (Å²) in [5.74, 6) is 0.545. The van der Waals surface area contributed by atoms with Crippen molar-refractivity contribution in [3.8, 4) is 28.4 Å². The summed E-state index contributed by atoms with van der Waals surface area (Å²) in [5, 5.41) is 11.8. The lowest BCUT2D eigenvalue weighted by molar-refractivity contribution is 0.223. The Balaban J connectivity index is 1.40. The fraction of sp³-hybridized carbons (Fsp3) is 0.462. The molecule has 38 heavy (non-hydrogen) atoms. The maximum Gasteiger partial charge on any atom is 0.197 e. The van der Waals surface area contributed by atoms with Crippen LogP contribution in [0.4, 0.5) is 4.39 Å². The van der Waals surface area contributed by atoms with Gasteiger partial charge in [0.1, 0.15) is 21.9 Å². The summed E-state index contributed by atoms with van der Waals surface area (Å²) in [6, 6.07) is 3.43. The van der Waals surface area contributed by atoms with Gasteiger partial charge in [-0.15, -0.1) is 0 Å². The molecule has 0 radical (unpaired) electrons. The Morgan fingerprint density at radius 2 is 1.95 bits per heavy atom. The van der Waals surface area contributed by atoms with Crippen molar-refractivity contribution in [2.24, 2.45) is 0 Å². The van der Waals surface area contributed by atoms with Gasteiger partial charge < -0.3 is 9.64 Å². The van der Waals surface area contributed by atoms with Crippen molar-refractivity contribution < 1.29 is 17.5 Å². The summed E-state index contributed by atoms with van der Waals surface area (Å²) in [4.78, 5) is 10.9. The standard InChI is InChI=1S/C26H32FN7O3S/c1-16(2)22-23(19-12-21(37-3)26-29-15-30-34(26)14-19)31-32-25(22)24-20(27)11-18(13-28-24)17-5-7-33(8-6-17)9-10-38(4,35)36/h11-17H,5-10H2,1-4H3,(H,31,32). The van der Waals surface area contributed by atoms with Gasteiger partial charge in [0.2, 0.25) is 0 Å². The van der Waals surface area contributed by atoms with Crippen LogP contribution in [0.2, 0.25) is 0 Å². The zero-order chi connectivity index (χ0) is 27.0. The van der Waals surface area contributed by atoms with Crippen LogP contribution in [0.1, 0.15) is 49.7 Å². The largest absolute Gasteiger partial charge is 0.493 e. The molecule has 10 nitrogen and oxygen atoms in total. The molecular formula is C26H32FN7O3S. The van der Waals surface area contributed by atoms with Crippen LogP contribution in [0, 0.1) is 5.82 Å². The predicted octanol–water partition coefficient (Wildman–Crippen LogP) is 3.68. The van der Waals surface area contributed by atoms with Crippen LogP contribution in [-0.2, 0) is 9.84 Å². The predicted molar refractivity (Wildman–Crippen MR) is 143 cm³/mol. The summed E-state index contributed by atoms with van der Waals surface area (Å²) >= 11 is 0. The first kappa shape index (κ1) is 26.2. The number of halogens is 1. The lowest BCUT2D eigenvalue weighted by atomic mass is 9.90. The van der Waals surface area contributed by atoms with Gasteiger partial charge in [-0.3, -0.25) is 10.1 Å². The molecular weight excluding hydrogens is 509 g/mol. The van der Waals surface area contributed by atoms with Crippen molar-refractivity contribution in [2.75, 3.05) is 38.8 Å². The average molecular weight is 542 g/mol. The van der Waals surface area contributed by atoms with Gasteiger partial charge >= 0.3 is 0 Å². The number of nitrogens with one attached hydrogen (secondary N) is 1. The molecule has 1 saturated heterocycles. The second-order valence-corrected chi connectivity index (χ2v) is 12.4. The Hall–Kier alpha value is -3.38. The van der Waals surface area contributed by atoms with Crippen LogP contribution in [0.25, 0.3) is 28.3 Å². The van der Waals surface area contributed by atoms with E-state index in [1.807, 2.05) is 26.1 Å². The summed E-state index contributed by atoms with van der Waals surface area (Å²) in [5.41, 5.74) is 4.54. The first-order valence-corrected chi connectivity index (χ1v) is 14.7. The number of likely N-dealkylation sites (tertiary alicyclic amines) is 1. The highest BCUT2D eigenvalue weighted by Gasteiger charge is 2.26. The minimum Gasteiger partial charge on any atom is -0.493 e. The van der Waals surface area contributed by atoms with Crippen LogP contribution < -0.4 is 4.74 Å². The van der Waals surface area contributed by atoms with E-state index in [1.54, 1.807) is 23.9 Å². The van der Waals surface area contributed by atoms with Crippen LogP contribution in [0.15, 0.2) is 30.9 Å². The number of pyridine rings is 2. The Bertz CT molecular complexity index is 1560. The summed E-state index contributed by atoms with van der Waals surface area (Å²) in [6.07, 6.45) is 7.97. The second-order valence-electron chi connectivity index (χ2n) is 10.2. The highest BCUT2D eigenvalue weighted by Crippen LogP contribution is 2.38. The van der Waals surface area contributed by atoms with Gasteiger partial charge in [-0.25, -0.2) is 22.3 Å². The Morgan fingerprint density at radius 3 is 2.61 bits per heavy atom. The first-order valence-electron chi connectivity index (χ1n) is 12.7. The minimum atomic E-state index is -2.99. The number of hydrogen-bond acceptors (Lipinski definition) is 8. The number of piperidine rings is 1. The molecule has 12 heteroatoms. The molecule has 0 saturated carbocycles. The number of methoxy groups -OCH3 is 1. The number of fused-ring (bicyclic) bond motifs is 1. The molecule has 0 bridgehead atoms. The van der Waals surface area contributed by atoms with Crippen molar-refractivity contribution in [1.29, 1.82) is 0 Å². The van der Waals surface area contributed by atoms with Crippen LogP contribution in [0.3, 0.4) is 0 Å². The van der Waals surface area contributed by atoms with Crippen LogP contribution in [0.5, 0.6) is 5.75 Å². The smallest absolute Gasteiger partial charge is 0.197 e. The third kappa shape index (κ3) is 5.28. The lowest BCUT2D eigenvalue weighted by Crippen LogP contribution is -2.36. The Labute approximate surface area is 221 Å². The third-order valence-electron chi connectivity index (χ3n) is 7.15. The monoisotopic (exact) mass is 541 g/mol. The van der Waals surface area contributed by atoms with Gasteiger partial charge in [-0.1, -0.05) is 13.8 Å². The second kappa shape index (κ2) is 10.4. The van der Waals surface area contributed by atoms with Crippen molar-refractivity contribution in [3.05, 3.63) is 47.8 Å². The molecule has 5 rings (SSSR count). The van der Waals surface area contributed by atoms with Crippen LogP contribution in [-0.4, -0.2) is 81.8 Å². The van der Waals surface area contributed by atoms with Gasteiger partial charge in [0.15, 0.2) is 17.2 Å². The number of rotatable bonds is 8. The van der Waals surface area contributed by atoms with E-state index in [0.29, 0.717) is 29.3 Å². The van der Waals surface area contributed by atoms with E-state index < -0.39 is 15.7 Å². The average Bonchev–Trinajstić information content (AvgIpc) is 3.54. The molecule has 1 aliphatic heterocycles. The molecule has 0 unspecified atom stereocenters. The normalized spacial score (nSPS) is 15.5. The van der Waals surface area contributed by atoms with Gasteiger partial charge in [0, 0.05) is 36.3 Å². The number of sulfone groups is 1. The summed E-state index contributed by atoms with van der Waals surface area (Å²) in [6.45, 7) is 6.17. The molecule has 0 spiro atoms. The molecule has 4 aromatic rings.